The maximum atomic E-state index is 12.5. The van der Waals surface area contributed by atoms with Crippen molar-refractivity contribution in [2.24, 2.45) is 17.1 Å². The zero-order chi connectivity index (χ0) is 13.0. The number of carbonyl (C=O) groups is 1. The molecular weight excluding hydrogens is 232 g/mol. The Bertz CT molecular complexity index is 367. The van der Waals surface area contributed by atoms with E-state index in [1.807, 2.05) is 13.8 Å². The number of nitrogens with one attached hydrogen (secondary N) is 1. The zero-order valence-electron chi connectivity index (χ0n) is 11.1. The molecule has 2 aliphatic heterocycles. The van der Waals surface area contributed by atoms with Crippen molar-refractivity contribution in [1.82, 2.24) is 5.32 Å². The van der Waals surface area contributed by atoms with Crippen LogP contribution in [-0.2, 0) is 14.3 Å². The quantitative estimate of drug-likeness (QED) is 0.729. The van der Waals surface area contributed by atoms with Crippen molar-refractivity contribution >= 4 is 5.91 Å². The second-order valence-electron chi connectivity index (χ2n) is 6.34. The van der Waals surface area contributed by atoms with E-state index in [4.69, 9.17) is 15.2 Å². The molecule has 5 nitrogen and oxygen atoms in total. The second kappa shape index (κ2) is 3.92. The van der Waals surface area contributed by atoms with E-state index in [0.717, 1.165) is 19.4 Å². The predicted octanol–water partition coefficient (Wildman–Crippen LogP) is 0.0339. The van der Waals surface area contributed by atoms with Crippen molar-refractivity contribution in [1.29, 1.82) is 0 Å². The van der Waals surface area contributed by atoms with Gasteiger partial charge < -0.3 is 20.5 Å². The predicted molar refractivity (Wildman–Crippen MR) is 65.9 cm³/mol. The summed E-state index contributed by atoms with van der Waals surface area (Å²) in [7, 11) is 0. The SMILES string of the molecule is CC1(C)C2OCCCC2C1(N)C(=O)NC1COC1. The molecule has 3 rings (SSSR count). The molecule has 0 aromatic rings. The number of amides is 1. The van der Waals surface area contributed by atoms with E-state index in [0.29, 0.717) is 13.2 Å². The number of ether oxygens (including phenoxy) is 2. The second-order valence-corrected chi connectivity index (χ2v) is 6.34. The zero-order valence-corrected chi connectivity index (χ0v) is 11.1. The molecule has 0 radical (unpaired) electrons. The molecule has 3 atom stereocenters. The van der Waals surface area contributed by atoms with Gasteiger partial charge in [0.25, 0.3) is 0 Å². The molecule has 102 valence electrons. The highest BCUT2D eigenvalue weighted by Crippen LogP contribution is 2.57. The van der Waals surface area contributed by atoms with Crippen LogP contribution in [-0.4, -0.2) is 43.4 Å². The molecule has 18 heavy (non-hydrogen) atoms. The summed E-state index contributed by atoms with van der Waals surface area (Å²) in [5, 5.41) is 3.00. The van der Waals surface area contributed by atoms with E-state index in [9.17, 15) is 4.79 Å². The third kappa shape index (κ3) is 1.41. The summed E-state index contributed by atoms with van der Waals surface area (Å²) in [6.07, 6.45) is 2.11. The fourth-order valence-electron chi connectivity index (χ4n) is 3.66. The first kappa shape index (κ1) is 12.4. The van der Waals surface area contributed by atoms with Crippen molar-refractivity contribution in [3.63, 3.8) is 0 Å². The molecule has 2 heterocycles. The largest absolute Gasteiger partial charge is 0.377 e. The third-order valence-electron chi connectivity index (χ3n) is 5.03. The third-order valence-corrected chi connectivity index (χ3v) is 5.03. The molecule has 0 bridgehead atoms. The lowest BCUT2D eigenvalue weighted by atomic mass is 9.46. The fourth-order valence-corrected chi connectivity index (χ4v) is 3.66. The summed E-state index contributed by atoms with van der Waals surface area (Å²) in [5.74, 6) is 0.120. The molecule has 0 aromatic heterocycles. The van der Waals surface area contributed by atoms with Crippen LogP contribution in [0.4, 0.5) is 0 Å². The van der Waals surface area contributed by atoms with E-state index >= 15 is 0 Å². The maximum Gasteiger partial charge on any atom is 0.241 e. The van der Waals surface area contributed by atoms with Gasteiger partial charge >= 0.3 is 0 Å². The lowest BCUT2D eigenvalue weighted by Crippen LogP contribution is -2.83. The van der Waals surface area contributed by atoms with Gasteiger partial charge in [0, 0.05) is 17.9 Å². The average molecular weight is 254 g/mol. The number of hydrogen-bond donors (Lipinski definition) is 2. The van der Waals surface area contributed by atoms with Crippen molar-refractivity contribution in [3.05, 3.63) is 0 Å². The van der Waals surface area contributed by atoms with Gasteiger partial charge in [0.05, 0.1) is 25.4 Å². The summed E-state index contributed by atoms with van der Waals surface area (Å²) in [6.45, 7) is 6.07. The number of nitrogens with two attached hydrogens (primary N) is 1. The molecule has 2 saturated heterocycles. The molecule has 1 amide bonds. The van der Waals surface area contributed by atoms with E-state index in [1.54, 1.807) is 0 Å². The van der Waals surface area contributed by atoms with Crippen LogP contribution in [0.5, 0.6) is 0 Å². The van der Waals surface area contributed by atoms with Crippen LogP contribution in [0.3, 0.4) is 0 Å². The van der Waals surface area contributed by atoms with Crippen LogP contribution in [0.25, 0.3) is 0 Å². The summed E-state index contributed by atoms with van der Waals surface area (Å²) >= 11 is 0. The van der Waals surface area contributed by atoms with E-state index in [-0.39, 0.29) is 29.4 Å². The summed E-state index contributed by atoms with van der Waals surface area (Å²) in [4.78, 5) is 12.5. The Morgan fingerprint density at radius 2 is 2.11 bits per heavy atom. The van der Waals surface area contributed by atoms with Crippen molar-refractivity contribution < 1.29 is 14.3 Å². The summed E-state index contributed by atoms with van der Waals surface area (Å²) in [6, 6.07) is 0.136. The lowest BCUT2D eigenvalue weighted by Gasteiger charge is -2.65. The van der Waals surface area contributed by atoms with Gasteiger partial charge in [-0.05, 0) is 12.8 Å². The molecule has 1 saturated carbocycles. The Kier molecular flexibility index (Phi) is 2.70. The van der Waals surface area contributed by atoms with Gasteiger partial charge in [0.1, 0.15) is 5.54 Å². The Balaban J connectivity index is 1.77. The number of fused-ring (bicyclic) bond motifs is 1. The van der Waals surface area contributed by atoms with Gasteiger partial charge in [-0.3, -0.25) is 4.79 Å². The highest BCUT2D eigenvalue weighted by molar-refractivity contribution is 5.89. The van der Waals surface area contributed by atoms with Gasteiger partial charge in [-0.2, -0.15) is 0 Å². The number of carbonyl (C=O) groups excluding carboxylic acids is 1. The smallest absolute Gasteiger partial charge is 0.241 e. The molecule has 3 unspecified atom stereocenters. The molecule has 3 fully saturated rings. The minimum Gasteiger partial charge on any atom is -0.377 e. The van der Waals surface area contributed by atoms with Crippen LogP contribution < -0.4 is 11.1 Å². The van der Waals surface area contributed by atoms with Crippen LogP contribution in [0, 0.1) is 11.3 Å². The first-order chi connectivity index (χ1) is 8.48. The molecule has 3 aliphatic rings. The van der Waals surface area contributed by atoms with Crippen LogP contribution >= 0.6 is 0 Å². The number of rotatable bonds is 2. The van der Waals surface area contributed by atoms with Gasteiger partial charge in [-0.25, -0.2) is 0 Å². The highest BCUT2D eigenvalue weighted by Gasteiger charge is 2.70. The van der Waals surface area contributed by atoms with Crippen molar-refractivity contribution in [3.8, 4) is 0 Å². The molecule has 5 heteroatoms. The van der Waals surface area contributed by atoms with E-state index < -0.39 is 5.54 Å². The Hall–Kier alpha value is -0.650. The minimum atomic E-state index is -0.798. The van der Waals surface area contributed by atoms with Crippen molar-refractivity contribution in [2.45, 2.75) is 44.4 Å². The average Bonchev–Trinajstić information content (AvgIpc) is 2.32. The van der Waals surface area contributed by atoms with E-state index in [2.05, 4.69) is 5.32 Å². The summed E-state index contributed by atoms with van der Waals surface area (Å²) < 4.78 is 10.9. The van der Waals surface area contributed by atoms with Gasteiger partial charge in [0.15, 0.2) is 0 Å². The van der Waals surface area contributed by atoms with Gasteiger partial charge in [-0.1, -0.05) is 13.8 Å². The Morgan fingerprint density at radius 3 is 2.72 bits per heavy atom. The molecular formula is C13H22N2O3. The van der Waals surface area contributed by atoms with Gasteiger partial charge in [0.2, 0.25) is 5.91 Å². The Morgan fingerprint density at radius 1 is 1.39 bits per heavy atom. The lowest BCUT2D eigenvalue weighted by molar-refractivity contribution is -0.226. The van der Waals surface area contributed by atoms with E-state index in [1.165, 1.54) is 0 Å². The maximum absolute atomic E-state index is 12.5. The van der Waals surface area contributed by atoms with Crippen molar-refractivity contribution in [2.75, 3.05) is 19.8 Å². The summed E-state index contributed by atoms with van der Waals surface area (Å²) in [5.41, 5.74) is 5.38. The normalized spacial score (nSPS) is 42.4. The first-order valence-corrected chi connectivity index (χ1v) is 6.77. The molecule has 0 aromatic carbocycles. The van der Waals surface area contributed by atoms with Crippen LogP contribution in [0.1, 0.15) is 26.7 Å². The number of hydrogen-bond acceptors (Lipinski definition) is 4. The Labute approximate surface area is 107 Å². The molecule has 0 spiro atoms. The van der Waals surface area contributed by atoms with Crippen LogP contribution in [0.2, 0.25) is 0 Å². The monoisotopic (exact) mass is 254 g/mol. The highest BCUT2D eigenvalue weighted by atomic mass is 16.5. The topological polar surface area (TPSA) is 73.6 Å². The fraction of sp³-hybridized carbons (Fsp3) is 0.923. The van der Waals surface area contributed by atoms with Gasteiger partial charge in [-0.15, -0.1) is 0 Å². The first-order valence-electron chi connectivity index (χ1n) is 6.77. The molecule has 3 N–H and O–H groups in total. The molecule has 1 aliphatic carbocycles. The standard InChI is InChI=1S/C13H22N2O3/c1-12(2)10-9(4-3-5-18-10)13(12,14)11(16)15-8-6-17-7-8/h8-10H,3-7,14H2,1-2H3,(H,15,16). The minimum absolute atomic E-state index is 0.0347. The van der Waals surface area contributed by atoms with Crippen LogP contribution in [0.15, 0.2) is 0 Å².